The standard InChI is InChI=1S/C16H21F2N3/c1-3-11(2)21-7-6-14(20-21)10-13(19)8-12-4-5-15(17)16(18)9-12/h4-7,9,11,13H,3,8,10,19H2,1-2H3. The first-order valence-electron chi connectivity index (χ1n) is 7.23. The Morgan fingerprint density at radius 3 is 2.62 bits per heavy atom. The average molecular weight is 293 g/mol. The summed E-state index contributed by atoms with van der Waals surface area (Å²) in [5.74, 6) is -1.67. The molecule has 114 valence electrons. The molecular formula is C16H21F2N3. The Morgan fingerprint density at radius 2 is 1.95 bits per heavy atom. The lowest BCUT2D eigenvalue weighted by Gasteiger charge is -2.11. The maximum atomic E-state index is 13.2. The van der Waals surface area contributed by atoms with Gasteiger partial charge >= 0.3 is 0 Å². The Balaban J connectivity index is 1.96. The van der Waals surface area contributed by atoms with Gasteiger partial charge in [-0.3, -0.25) is 4.68 Å². The van der Waals surface area contributed by atoms with Crippen LogP contribution in [0.5, 0.6) is 0 Å². The maximum Gasteiger partial charge on any atom is 0.159 e. The molecule has 1 aromatic carbocycles. The molecule has 0 saturated heterocycles. The minimum absolute atomic E-state index is 0.171. The number of nitrogens with two attached hydrogens (primary N) is 1. The van der Waals surface area contributed by atoms with Crippen LogP contribution in [0.1, 0.15) is 37.6 Å². The van der Waals surface area contributed by atoms with Crippen molar-refractivity contribution in [1.82, 2.24) is 9.78 Å². The summed E-state index contributed by atoms with van der Waals surface area (Å²) in [4.78, 5) is 0. The normalized spacial score (nSPS) is 14.1. The van der Waals surface area contributed by atoms with Crippen molar-refractivity contribution in [3.8, 4) is 0 Å². The Bertz CT molecular complexity index is 595. The van der Waals surface area contributed by atoms with E-state index in [1.807, 2.05) is 16.9 Å². The summed E-state index contributed by atoms with van der Waals surface area (Å²) in [6.45, 7) is 4.22. The van der Waals surface area contributed by atoms with Crippen LogP contribution in [0.4, 0.5) is 8.78 Å². The number of rotatable bonds is 6. The highest BCUT2D eigenvalue weighted by Crippen LogP contribution is 2.13. The number of halogens is 2. The summed E-state index contributed by atoms with van der Waals surface area (Å²) in [7, 11) is 0. The minimum atomic E-state index is -0.834. The average Bonchev–Trinajstić information content (AvgIpc) is 2.90. The lowest BCUT2D eigenvalue weighted by molar-refractivity contribution is 0.471. The van der Waals surface area contributed by atoms with Crippen LogP contribution in [0.15, 0.2) is 30.5 Å². The van der Waals surface area contributed by atoms with Gasteiger partial charge in [0.15, 0.2) is 11.6 Å². The molecule has 1 heterocycles. The smallest absolute Gasteiger partial charge is 0.159 e. The van der Waals surface area contributed by atoms with Crippen molar-refractivity contribution in [1.29, 1.82) is 0 Å². The zero-order chi connectivity index (χ0) is 15.4. The van der Waals surface area contributed by atoms with Gasteiger partial charge in [0, 0.05) is 24.7 Å². The van der Waals surface area contributed by atoms with Crippen molar-refractivity contribution in [3.63, 3.8) is 0 Å². The molecule has 0 radical (unpaired) electrons. The van der Waals surface area contributed by atoms with E-state index >= 15 is 0 Å². The van der Waals surface area contributed by atoms with Crippen LogP contribution in [-0.2, 0) is 12.8 Å². The van der Waals surface area contributed by atoms with Gasteiger partial charge in [0.2, 0.25) is 0 Å². The molecule has 2 aromatic rings. The highest BCUT2D eigenvalue weighted by atomic mass is 19.2. The van der Waals surface area contributed by atoms with E-state index in [0.29, 0.717) is 24.4 Å². The van der Waals surface area contributed by atoms with Crippen molar-refractivity contribution in [2.24, 2.45) is 5.73 Å². The molecule has 0 aliphatic carbocycles. The number of hydrogen-bond acceptors (Lipinski definition) is 2. The molecule has 0 fully saturated rings. The first kappa shape index (κ1) is 15.6. The molecule has 0 aliphatic rings. The topological polar surface area (TPSA) is 43.8 Å². The third-order valence-electron chi connectivity index (χ3n) is 3.66. The predicted molar refractivity (Wildman–Crippen MR) is 79.0 cm³/mol. The first-order chi connectivity index (χ1) is 9.99. The van der Waals surface area contributed by atoms with E-state index in [1.54, 1.807) is 6.07 Å². The van der Waals surface area contributed by atoms with E-state index in [9.17, 15) is 8.78 Å². The second-order valence-electron chi connectivity index (χ2n) is 5.46. The van der Waals surface area contributed by atoms with Gasteiger partial charge in [-0.25, -0.2) is 8.78 Å². The molecule has 0 spiro atoms. The van der Waals surface area contributed by atoms with Crippen LogP contribution in [0, 0.1) is 11.6 Å². The van der Waals surface area contributed by atoms with Crippen LogP contribution in [0.25, 0.3) is 0 Å². The monoisotopic (exact) mass is 293 g/mol. The zero-order valence-corrected chi connectivity index (χ0v) is 12.4. The van der Waals surface area contributed by atoms with E-state index in [2.05, 4.69) is 18.9 Å². The van der Waals surface area contributed by atoms with Crippen molar-refractivity contribution in [2.45, 2.75) is 45.2 Å². The van der Waals surface area contributed by atoms with Crippen LogP contribution >= 0.6 is 0 Å². The SMILES string of the molecule is CCC(C)n1ccc(CC(N)Cc2ccc(F)c(F)c2)n1. The van der Waals surface area contributed by atoms with E-state index in [0.717, 1.165) is 18.2 Å². The number of nitrogens with zero attached hydrogens (tertiary/aromatic N) is 2. The number of hydrogen-bond donors (Lipinski definition) is 1. The Hall–Kier alpha value is -1.75. The molecule has 2 unspecified atom stereocenters. The highest BCUT2D eigenvalue weighted by Gasteiger charge is 2.11. The summed E-state index contributed by atoms with van der Waals surface area (Å²) >= 11 is 0. The van der Waals surface area contributed by atoms with Crippen molar-refractivity contribution < 1.29 is 8.78 Å². The summed E-state index contributed by atoms with van der Waals surface area (Å²) in [5.41, 5.74) is 7.70. The maximum absolute atomic E-state index is 13.2. The molecule has 1 aromatic heterocycles. The molecule has 0 aliphatic heterocycles. The summed E-state index contributed by atoms with van der Waals surface area (Å²) in [5, 5.41) is 4.50. The van der Waals surface area contributed by atoms with Gasteiger partial charge in [-0.2, -0.15) is 5.10 Å². The van der Waals surface area contributed by atoms with Gasteiger partial charge in [0.05, 0.1) is 5.69 Å². The van der Waals surface area contributed by atoms with Gasteiger partial charge in [0.1, 0.15) is 0 Å². The highest BCUT2D eigenvalue weighted by molar-refractivity contribution is 5.19. The lowest BCUT2D eigenvalue weighted by atomic mass is 10.0. The number of aromatic nitrogens is 2. The van der Waals surface area contributed by atoms with Crippen LogP contribution in [-0.4, -0.2) is 15.8 Å². The molecule has 0 amide bonds. The molecule has 0 saturated carbocycles. The van der Waals surface area contributed by atoms with Gasteiger partial charge < -0.3 is 5.73 Å². The van der Waals surface area contributed by atoms with E-state index in [4.69, 9.17) is 5.73 Å². The number of benzene rings is 1. The van der Waals surface area contributed by atoms with Crippen molar-refractivity contribution >= 4 is 0 Å². The predicted octanol–water partition coefficient (Wildman–Crippen LogP) is 3.24. The van der Waals surface area contributed by atoms with Crippen molar-refractivity contribution in [3.05, 3.63) is 53.4 Å². The van der Waals surface area contributed by atoms with Crippen LogP contribution < -0.4 is 5.73 Å². The van der Waals surface area contributed by atoms with E-state index in [1.165, 1.54) is 6.07 Å². The molecule has 21 heavy (non-hydrogen) atoms. The Kier molecular flexibility index (Phi) is 5.07. The third-order valence-corrected chi connectivity index (χ3v) is 3.66. The lowest BCUT2D eigenvalue weighted by Crippen LogP contribution is -2.26. The molecule has 0 bridgehead atoms. The van der Waals surface area contributed by atoms with Crippen LogP contribution in [0.3, 0.4) is 0 Å². The van der Waals surface area contributed by atoms with Gasteiger partial charge in [-0.05, 0) is 43.5 Å². The molecule has 5 heteroatoms. The second-order valence-corrected chi connectivity index (χ2v) is 5.46. The Labute approximate surface area is 123 Å². The quantitative estimate of drug-likeness (QED) is 0.888. The van der Waals surface area contributed by atoms with Gasteiger partial charge in [0.25, 0.3) is 0 Å². The summed E-state index contributed by atoms with van der Waals surface area (Å²) in [6, 6.07) is 6.05. The molecule has 3 nitrogen and oxygen atoms in total. The largest absolute Gasteiger partial charge is 0.327 e. The molecule has 2 N–H and O–H groups in total. The van der Waals surface area contributed by atoms with Crippen molar-refractivity contribution in [2.75, 3.05) is 0 Å². The Morgan fingerprint density at radius 1 is 1.19 bits per heavy atom. The molecular weight excluding hydrogens is 272 g/mol. The summed E-state index contributed by atoms with van der Waals surface area (Å²) in [6.07, 6.45) is 4.08. The summed E-state index contributed by atoms with van der Waals surface area (Å²) < 4.78 is 28.0. The fourth-order valence-corrected chi connectivity index (χ4v) is 2.23. The second kappa shape index (κ2) is 6.80. The minimum Gasteiger partial charge on any atom is -0.327 e. The van der Waals surface area contributed by atoms with Gasteiger partial charge in [-0.1, -0.05) is 13.0 Å². The van der Waals surface area contributed by atoms with Gasteiger partial charge in [-0.15, -0.1) is 0 Å². The van der Waals surface area contributed by atoms with Crippen LogP contribution in [0.2, 0.25) is 0 Å². The fourth-order valence-electron chi connectivity index (χ4n) is 2.23. The van der Waals surface area contributed by atoms with E-state index < -0.39 is 11.6 Å². The fraction of sp³-hybridized carbons (Fsp3) is 0.438. The first-order valence-corrected chi connectivity index (χ1v) is 7.23. The zero-order valence-electron chi connectivity index (χ0n) is 12.4. The molecule has 2 atom stereocenters. The third kappa shape index (κ3) is 4.11. The van der Waals surface area contributed by atoms with E-state index in [-0.39, 0.29) is 6.04 Å². The molecule has 2 rings (SSSR count).